The fraction of sp³-hybridized carbons (Fsp3) is 0.364. The maximum atomic E-state index is 14.9. The molecular formula is C22H21F4N3O2. The van der Waals surface area contributed by atoms with Crippen molar-refractivity contribution in [2.75, 3.05) is 24.6 Å². The highest BCUT2D eigenvalue weighted by molar-refractivity contribution is 5.96. The van der Waals surface area contributed by atoms with E-state index in [0.29, 0.717) is 48.0 Å². The summed E-state index contributed by atoms with van der Waals surface area (Å²) in [6.07, 6.45) is -4.72. The Morgan fingerprint density at radius 2 is 1.90 bits per heavy atom. The molecule has 0 saturated carbocycles. The first-order valence-electron chi connectivity index (χ1n) is 9.81. The summed E-state index contributed by atoms with van der Waals surface area (Å²) >= 11 is 0. The molecule has 0 bridgehead atoms. The fourth-order valence-corrected chi connectivity index (χ4v) is 3.79. The van der Waals surface area contributed by atoms with Gasteiger partial charge >= 0.3 is 6.18 Å². The summed E-state index contributed by atoms with van der Waals surface area (Å²) < 4.78 is 60.9. The summed E-state index contributed by atoms with van der Waals surface area (Å²) in [6.45, 7) is 5.16. The molecule has 0 amide bonds. The zero-order valence-electron chi connectivity index (χ0n) is 17.3. The standard InChI is InChI=1S/C22H21F4N3O2/c1-12-8-16-17(21(30)28(12)3)10-19(29-6-7-31-13(2)11-29)27-20(16)15-5-4-14(9-18(15)23)22(24,25)26/h4-5,8-10,13H,6-7,11H2,1-3H3. The molecule has 3 heterocycles. The number of nitrogens with zero attached hydrogens (tertiary/aromatic N) is 3. The number of aryl methyl sites for hydroxylation is 1. The smallest absolute Gasteiger partial charge is 0.375 e. The summed E-state index contributed by atoms with van der Waals surface area (Å²) in [5, 5.41) is 0.718. The molecule has 1 atom stereocenters. The predicted octanol–water partition coefficient (Wildman–Crippen LogP) is 4.29. The summed E-state index contributed by atoms with van der Waals surface area (Å²) in [5.41, 5.74) is -0.690. The maximum absolute atomic E-state index is 14.9. The Balaban J connectivity index is 1.98. The van der Waals surface area contributed by atoms with Crippen LogP contribution in [0.3, 0.4) is 0 Å². The molecule has 0 N–H and O–H groups in total. The van der Waals surface area contributed by atoms with Crippen molar-refractivity contribution in [3.05, 3.63) is 57.8 Å². The number of ether oxygens (including phenoxy) is 1. The highest BCUT2D eigenvalue weighted by Gasteiger charge is 2.31. The van der Waals surface area contributed by atoms with Gasteiger partial charge in [-0.05, 0) is 44.2 Å². The van der Waals surface area contributed by atoms with Gasteiger partial charge in [-0.1, -0.05) is 0 Å². The Bertz CT molecular complexity index is 1220. The van der Waals surface area contributed by atoms with Crippen molar-refractivity contribution >= 4 is 16.6 Å². The Morgan fingerprint density at radius 1 is 1.16 bits per heavy atom. The second-order valence-electron chi connectivity index (χ2n) is 7.76. The number of morpholine rings is 1. The number of aromatic nitrogens is 2. The number of halogens is 4. The SMILES string of the molecule is Cc1cc2c(-c3ccc(C(F)(F)F)cc3F)nc(N3CCOC(C)C3)cc2c(=O)n1C. The monoisotopic (exact) mass is 435 g/mol. The van der Waals surface area contributed by atoms with Gasteiger partial charge < -0.3 is 14.2 Å². The highest BCUT2D eigenvalue weighted by Crippen LogP contribution is 2.35. The third-order valence-corrected chi connectivity index (χ3v) is 5.58. The van der Waals surface area contributed by atoms with Gasteiger partial charge in [-0.25, -0.2) is 9.37 Å². The Kier molecular flexibility index (Phi) is 5.25. The number of rotatable bonds is 2. The average molecular weight is 435 g/mol. The molecule has 4 rings (SSSR count). The van der Waals surface area contributed by atoms with Crippen LogP contribution in [0, 0.1) is 12.7 Å². The van der Waals surface area contributed by atoms with E-state index in [-0.39, 0.29) is 22.9 Å². The van der Waals surface area contributed by atoms with Crippen LogP contribution < -0.4 is 10.5 Å². The van der Waals surface area contributed by atoms with Gasteiger partial charge in [-0.2, -0.15) is 13.2 Å². The second kappa shape index (κ2) is 7.64. The first-order chi connectivity index (χ1) is 14.6. The number of pyridine rings is 2. The van der Waals surface area contributed by atoms with Gasteiger partial charge in [0.05, 0.1) is 29.4 Å². The van der Waals surface area contributed by atoms with E-state index in [4.69, 9.17) is 4.74 Å². The van der Waals surface area contributed by atoms with Gasteiger partial charge in [0.2, 0.25) is 0 Å². The van der Waals surface area contributed by atoms with Crippen LogP contribution in [0.25, 0.3) is 22.0 Å². The maximum Gasteiger partial charge on any atom is 0.416 e. The van der Waals surface area contributed by atoms with Gasteiger partial charge in [-0.15, -0.1) is 0 Å². The average Bonchev–Trinajstić information content (AvgIpc) is 2.71. The molecule has 164 valence electrons. The lowest BCUT2D eigenvalue weighted by Crippen LogP contribution is -2.41. The largest absolute Gasteiger partial charge is 0.416 e. The van der Waals surface area contributed by atoms with E-state index in [9.17, 15) is 22.4 Å². The van der Waals surface area contributed by atoms with Crippen LogP contribution in [-0.4, -0.2) is 35.4 Å². The molecule has 0 spiro atoms. The molecule has 31 heavy (non-hydrogen) atoms. The van der Waals surface area contributed by atoms with Crippen LogP contribution in [0.5, 0.6) is 0 Å². The first-order valence-corrected chi connectivity index (χ1v) is 9.81. The molecule has 0 aliphatic carbocycles. The van der Waals surface area contributed by atoms with Crippen LogP contribution in [0.1, 0.15) is 18.2 Å². The van der Waals surface area contributed by atoms with Crippen molar-refractivity contribution in [1.82, 2.24) is 9.55 Å². The molecule has 1 fully saturated rings. The van der Waals surface area contributed by atoms with Crippen LogP contribution in [0.15, 0.2) is 35.1 Å². The van der Waals surface area contributed by atoms with Crippen molar-refractivity contribution in [1.29, 1.82) is 0 Å². The minimum Gasteiger partial charge on any atom is -0.375 e. The van der Waals surface area contributed by atoms with E-state index in [2.05, 4.69) is 4.98 Å². The molecule has 5 nitrogen and oxygen atoms in total. The molecule has 1 aliphatic rings. The Labute approximate surface area is 175 Å². The third kappa shape index (κ3) is 3.89. The Hall–Kier alpha value is -2.94. The number of alkyl halides is 3. The van der Waals surface area contributed by atoms with Crippen molar-refractivity contribution in [3.8, 4) is 11.3 Å². The molecule has 9 heteroatoms. The number of anilines is 1. The van der Waals surface area contributed by atoms with Crippen molar-refractivity contribution in [2.24, 2.45) is 7.05 Å². The number of benzene rings is 1. The molecule has 2 aromatic heterocycles. The van der Waals surface area contributed by atoms with Crippen molar-refractivity contribution in [3.63, 3.8) is 0 Å². The zero-order chi connectivity index (χ0) is 22.5. The summed E-state index contributed by atoms with van der Waals surface area (Å²) in [6, 6.07) is 5.70. The van der Waals surface area contributed by atoms with Gasteiger partial charge in [0.15, 0.2) is 0 Å². The van der Waals surface area contributed by atoms with Crippen LogP contribution >= 0.6 is 0 Å². The molecule has 1 aliphatic heterocycles. The lowest BCUT2D eigenvalue weighted by atomic mass is 10.0. The lowest BCUT2D eigenvalue weighted by molar-refractivity contribution is -0.137. The van der Waals surface area contributed by atoms with E-state index >= 15 is 0 Å². The molecule has 1 aromatic carbocycles. The fourth-order valence-electron chi connectivity index (χ4n) is 3.79. The molecular weight excluding hydrogens is 414 g/mol. The first kappa shape index (κ1) is 21.3. The number of hydrogen-bond donors (Lipinski definition) is 0. The van der Waals surface area contributed by atoms with Crippen LogP contribution in [-0.2, 0) is 18.0 Å². The number of fused-ring (bicyclic) bond motifs is 1. The molecule has 3 aromatic rings. The van der Waals surface area contributed by atoms with E-state index in [0.717, 1.165) is 12.1 Å². The van der Waals surface area contributed by atoms with Gasteiger partial charge in [0.25, 0.3) is 5.56 Å². The summed E-state index contributed by atoms with van der Waals surface area (Å²) in [5.74, 6) is -0.590. The van der Waals surface area contributed by atoms with E-state index in [1.54, 1.807) is 26.1 Å². The van der Waals surface area contributed by atoms with E-state index < -0.39 is 17.6 Å². The molecule has 1 unspecified atom stereocenters. The normalized spacial score (nSPS) is 17.4. The minimum absolute atomic E-state index is 0.0571. The second-order valence-corrected chi connectivity index (χ2v) is 7.76. The van der Waals surface area contributed by atoms with E-state index in [1.165, 1.54) is 4.57 Å². The number of hydrogen-bond acceptors (Lipinski definition) is 4. The van der Waals surface area contributed by atoms with Gasteiger partial charge in [0, 0.05) is 36.8 Å². The summed E-state index contributed by atoms with van der Waals surface area (Å²) in [7, 11) is 1.63. The third-order valence-electron chi connectivity index (χ3n) is 5.58. The van der Waals surface area contributed by atoms with Crippen LogP contribution in [0.4, 0.5) is 23.4 Å². The topological polar surface area (TPSA) is 47.4 Å². The van der Waals surface area contributed by atoms with Crippen molar-refractivity contribution < 1.29 is 22.3 Å². The van der Waals surface area contributed by atoms with Gasteiger partial charge in [-0.3, -0.25) is 4.79 Å². The molecule has 0 radical (unpaired) electrons. The summed E-state index contributed by atoms with van der Waals surface area (Å²) in [4.78, 5) is 19.5. The minimum atomic E-state index is -4.66. The van der Waals surface area contributed by atoms with Crippen LogP contribution in [0.2, 0.25) is 0 Å². The lowest BCUT2D eigenvalue weighted by Gasteiger charge is -2.32. The quantitative estimate of drug-likeness (QED) is 0.564. The predicted molar refractivity (Wildman–Crippen MR) is 110 cm³/mol. The molecule has 1 saturated heterocycles. The van der Waals surface area contributed by atoms with Gasteiger partial charge in [0.1, 0.15) is 11.6 Å². The Morgan fingerprint density at radius 3 is 2.55 bits per heavy atom. The van der Waals surface area contributed by atoms with E-state index in [1.807, 2.05) is 11.8 Å². The zero-order valence-corrected chi connectivity index (χ0v) is 17.3. The van der Waals surface area contributed by atoms with Crippen molar-refractivity contribution in [2.45, 2.75) is 26.1 Å². The highest BCUT2D eigenvalue weighted by atomic mass is 19.4.